The molecule has 1 rings (SSSR count). The largest absolute Gasteiger partial charge is 0.444 e. The predicted molar refractivity (Wildman–Crippen MR) is 80.0 cm³/mol. The molecule has 0 saturated carbocycles. The zero-order chi connectivity index (χ0) is 16.0. The van der Waals surface area contributed by atoms with Gasteiger partial charge in [-0.05, 0) is 26.7 Å². The molecule has 122 valence electrons. The molecule has 0 bridgehead atoms. The molecule has 1 aliphatic rings. The Balaban J connectivity index is 2.70. The van der Waals surface area contributed by atoms with E-state index in [0.29, 0.717) is 26.3 Å². The number of alkyl carbamates (subject to hydrolysis) is 1. The van der Waals surface area contributed by atoms with Gasteiger partial charge in [0.05, 0.1) is 13.2 Å². The number of ether oxygens (including phenoxy) is 2. The molecule has 6 heteroatoms. The first-order valence-corrected chi connectivity index (χ1v) is 7.60. The fourth-order valence-corrected chi connectivity index (χ4v) is 2.10. The Morgan fingerprint density at radius 3 is 2.33 bits per heavy atom. The van der Waals surface area contributed by atoms with Gasteiger partial charge in [0.1, 0.15) is 11.6 Å². The third kappa shape index (κ3) is 5.91. The molecule has 6 nitrogen and oxygen atoms in total. The Morgan fingerprint density at radius 2 is 1.86 bits per heavy atom. The molecule has 1 heterocycles. The van der Waals surface area contributed by atoms with Crippen molar-refractivity contribution in [3.05, 3.63) is 0 Å². The first-order chi connectivity index (χ1) is 9.74. The van der Waals surface area contributed by atoms with Gasteiger partial charge in [0.15, 0.2) is 0 Å². The Hall–Kier alpha value is -1.30. The van der Waals surface area contributed by atoms with Crippen LogP contribution in [-0.2, 0) is 14.3 Å². The average Bonchev–Trinajstić information content (AvgIpc) is 2.42. The van der Waals surface area contributed by atoms with Crippen molar-refractivity contribution < 1.29 is 19.1 Å². The van der Waals surface area contributed by atoms with E-state index < -0.39 is 17.7 Å². The average molecular weight is 300 g/mol. The lowest BCUT2D eigenvalue weighted by molar-refractivity contribution is -0.138. The minimum atomic E-state index is -0.577. The van der Waals surface area contributed by atoms with Gasteiger partial charge in [-0.2, -0.15) is 0 Å². The zero-order valence-corrected chi connectivity index (χ0v) is 13.8. The lowest BCUT2D eigenvalue weighted by Gasteiger charge is -2.33. The smallest absolute Gasteiger partial charge is 0.408 e. The van der Waals surface area contributed by atoms with E-state index in [1.807, 2.05) is 13.8 Å². The molecule has 1 N–H and O–H groups in total. The number of nitrogens with zero attached hydrogens (tertiary/aromatic N) is 1. The summed E-state index contributed by atoms with van der Waals surface area (Å²) >= 11 is 0. The molecule has 1 fully saturated rings. The van der Waals surface area contributed by atoms with E-state index in [0.717, 1.165) is 6.42 Å². The van der Waals surface area contributed by atoms with Crippen LogP contribution >= 0.6 is 0 Å². The summed E-state index contributed by atoms with van der Waals surface area (Å²) in [7, 11) is 0. The maximum atomic E-state index is 12.6. The predicted octanol–water partition coefficient (Wildman–Crippen LogP) is 1.78. The van der Waals surface area contributed by atoms with Gasteiger partial charge in [-0.25, -0.2) is 4.79 Å². The first kappa shape index (κ1) is 17.8. The van der Waals surface area contributed by atoms with Crippen LogP contribution in [0.5, 0.6) is 0 Å². The minimum Gasteiger partial charge on any atom is -0.444 e. The molecule has 0 aromatic heterocycles. The van der Waals surface area contributed by atoms with Crippen LogP contribution in [0.2, 0.25) is 0 Å². The fraction of sp³-hybridized carbons (Fsp3) is 0.867. The third-order valence-electron chi connectivity index (χ3n) is 3.47. The molecule has 2 atom stereocenters. The zero-order valence-electron chi connectivity index (χ0n) is 13.8. The monoisotopic (exact) mass is 300 g/mol. The van der Waals surface area contributed by atoms with Crippen molar-refractivity contribution in [1.29, 1.82) is 0 Å². The maximum absolute atomic E-state index is 12.6. The molecule has 1 aliphatic heterocycles. The van der Waals surface area contributed by atoms with Gasteiger partial charge in [-0.3, -0.25) is 4.79 Å². The topological polar surface area (TPSA) is 67.9 Å². The third-order valence-corrected chi connectivity index (χ3v) is 3.47. The summed E-state index contributed by atoms with van der Waals surface area (Å²) in [6.07, 6.45) is 0.255. The Morgan fingerprint density at radius 1 is 1.29 bits per heavy atom. The SMILES string of the molecule is CC[C@@H](C)[C@@H](NC(=O)OC(C)(C)C)C(=O)N1CCOCC1. The summed E-state index contributed by atoms with van der Waals surface area (Å²) in [5.74, 6) is -0.00799. The van der Waals surface area contributed by atoms with E-state index >= 15 is 0 Å². The molecule has 0 aromatic carbocycles. The summed E-state index contributed by atoms with van der Waals surface area (Å²) in [5.41, 5.74) is -0.577. The van der Waals surface area contributed by atoms with Gasteiger partial charge in [0.25, 0.3) is 0 Å². The van der Waals surface area contributed by atoms with Crippen molar-refractivity contribution in [2.24, 2.45) is 5.92 Å². The van der Waals surface area contributed by atoms with E-state index in [4.69, 9.17) is 9.47 Å². The van der Waals surface area contributed by atoms with Crippen LogP contribution in [0.15, 0.2) is 0 Å². The Kier molecular flexibility index (Phi) is 6.45. The fourth-order valence-electron chi connectivity index (χ4n) is 2.10. The van der Waals surface area contributed by atoms with Gasteiger partial charge in [-0.1, -0.05) is 20.3 Å². The molecule has 0 aromatic rings. The number of hydrogen-bond acceptors (Lipinski definition) is 4. The number of morpholine rings is 1. The second-order valence-corrected chi connectivity index (χ2v) is 6.45. The number of hydrogen-bond donors (Lipinski definition) is 1. The second kappa shape index (κ2) is 7.64. The van der Waals surface area contributed by atoms with E-state index in [9.17, 15) is 9.59 Å². The molecule has 0 aliphatic carbocycles. The summed E-state index contributed by atoms with van der Waals surface area (Å²) < 4.78 is 10.5. The van der Waals surface area contributed by atoms with Crippen LogP contribution in [0.4, 0.5) is 4.79 Å². The van der Waals surface area contributed by atoms with Gasteiger partial charge in [0, 0.05) is 13.1 Å². The summed E-state index contributed by atoms with van der Waals surface area (Å²) in [6.45, 7) is 11.6. The molecule has 0 spiro atoms. The quantitative estimate of drug-likeness (QED) is 0.859. The highest BCUT2D eigenvalue weighted by Crippen LogP contribution is 2.14. The summed E-state index contributed by atoms with van der Waals surface area (Å²) in [5, 5.41) is 2.73. The van der Waals surface area contributed by atoms with Crippen molar-refractivity contribution >= 4 is 12.0 Å². The number of amides is 2. The minimum absolute atomic E-state index is 0.0489. The molecular weight excluding hydrogens is 272 g/mol. The van der Waals surface area contributed by atoms with E-state index in [1.165, 1.54) is 0 Å². The normalized spacial score (nSPS) is 18.8. The van der Waals surface area contributed by atoms with Crippen molar-refractivity contribution in [2.75, 3.05) is 26.3 Å². The molecule has 0 unspecified atom stereocenters. The molecule has 0 radical (unpaired) electrons. The summed E-state index contributed by atoms with van der Waals surface area (Å²) in [4.78, 5) is 26.3. The molecule has 1 saturated heterocycles. The van der Waals surface area contributed by atoms with Gasteiger partial charge < -0.3 is 19.7 Å². The van der Waals surface area contributed by atoms with Crippen LogP contribution in [0.1, 0.15) is 41.0 Å². The van der Waals surface area contributed by atoms with Crippen molar-refractivity contribution in [2.45, 2.75) is 52.7 Å². The van der Waals surface area contributed by atoms with Crippen LogP contribution in [0.25, 0.3) is 0 Å². The van der Waals surface area contributed by atoms with Gasteiger partial charge in [0.2, 0.25) is 5.91 Å². The lowest BCUT2D eigenvalue weighted by Crippen LogP contribution is -2.54. The second-order valence-electron chi connectivity index (χ2n) is 6.45. The van der Waals surface area contributed by atoms with Crippen LogP contribution < -0.4 is 5.32 Å². The molecular formula is C15H28N2O4. The van der Waals surface area contributed by atoms with E-state index in [-0.39, 0.29) is 11.8 Å². The van der Waals surface area contributed by atoms with Crippen LogP contribution in [-0.4, -0.2) is 54.8 Å². The molecule has 21 heavy (non-hydrogen) atoms. The first-order valence-electron chi connectivity index (χ1n) is 7.60. The number of nitrogens with one attached hydrogen (secondary N) is 1. The van der Waals surface area contributed by atoms with Crippen molar-refractivity contribution in [3.8, 4) is 0 Å². The lowest BCUT2D eigenvalue weighted by atomic mass is 9.98. The number of carbonyl (C=O) groups is 2. The molecule has 2 amide bonds. The number of carbonyl (C=O) groups excluding carboxylic acids is 2. The van der Waals surface area contributed by atoms with Crippen molar-refractivity contribution in [3.63, 3.8) is 0 Å². The summed E-state index contributed by atoms with van der Waals surface area (Å²) in [6, 6.07) is -0.553. The standard InChI is InChI=1S/C15H28N2O4/c1-6-11(2)12(16-14(19)21-15(3,4)5)13(18)17-7-9-20-10-8-17/h11-12H,6-10H2,1-5H3,(H,16,19)/t11-,12-/m1/s1. The van der Waals surface area contributed by atoms with Crippen LogP contribution in [0.3, 0.4) is 0 Å². The highest BCUT2D eigenvalue weighted by Gasteiger charge is 2.32. The van der Waals surface area contributed by atoms with Gasteiger partial charge in [-0.15, -0.1) is 0 Å². The Bertz CT molecular complexity index is 359. The highest BCUT2D eigenvalue weighted by molar-refractivity contribution is 5.86. The van der Waals surface area contributed by atoms with Crippen LogP contribution in [0, 0.1) is 5.92 Å². The Labute approximate surface area is 127 Å². The van der Waals surface area contributed by atoms with E-state index in [2.05, 4.69) is 5.32 Å². The van der Waals surface area contributed by atoms with Crippen molar-refractivity contribution in [1.82, 2.24) is 10.2 Å². The number of rotatable bonds is 4. The maximum Gasteiger partial charge on any atom is 0.408 e. The van der Waals surface area contributed by atoms with Gasteiger partial charge >= 0.3 is 6.09 Å². The highest BCUT2D eigenvalue weighted by atomic mass is 16.6. The van der Waals surface area contributed by atoms with E-state index in [1.54, 1.807) is 25.7 Å².